The summed E-state index contributed by atoms with van der Waals surface area (Å²) in [6, 6.07) is 10.2. The molecule has 1 aromatic carbocycles. The largest absolute Gasteiger partial charge is 0.492 e. The number of aromatic hydroxyl groups is 1. The van der Waals surface area contributed by atoms with Crippen LogP contribution in [-0.4, -0.2) is 47.3 Å². The molecule has 3 heterocycles. The highest BCUT2D eigenvalue weighted by atomic mass is 16.3. The Kier molecular flexibility index (Phi) is 5.60. The number of nitrogens with one attached hydrogen (secondary N) is 1. The number of anilines is 1. The molecule has 2 unspecified atom stereocenters. The zero-order chi connectivity index (χ0) is 20.2. The third-order valence-corrected chi connectivity index (χ3v) is 5.38. The number of nitrogens with zero attached hydrogens (tertiary/aromatic N) is 4. The smallest absolute Gasteiger partial charge is 0.238 e. The Bertz CT molecular complexity index is 970. The summed E-state index contributed by atoms with van der Waals surface area (Å²) in [6.07, 6.45) is 11.2. The lowest BCUT2D eigenvalue weighted by Gasteiger charge is -2.18. The van der Waals surface area contributed by atoms with Crippen molar-refractivity contribution in [2.45, 2.75) is 32.4 Å². The number of fused-ring (bicyclic) bond motifs is 1. The summed E-state index contributed by atoms with van der Waals surface area (Å²) in [5, 5.41) is 10.3. The van der Waals surface area contributed by atoms with Gasteiger partial charge in [-0.3, -0.25) is 9.98 Å². The number of rotatable bonds is 7. The average molecular weight is 390 g/mol. The Balaban J connectivity index is 1.55. The molecule has 2 N–H and O–H groups in total. The van der Waals surface area contributed by atoms with Crippen molar-refractivity contribution in [3.8, 4) is 5.88 Å². The number of hydrogen-bond acceptors (Lipinski definition) is 5. The maximum Gasteiger partial charge on any atom is 0.238 e. The highest BCUT2D eigenvalue weighted by Crippen LogP contribution is 2.34. The van der Waals surface area contributed by atoms with Crippen molar-refractivity contribution in [3.05, 3.63) is 53.2 Å². The van der Waals surface area contributed by atoms with E-state index >= 15 is 0 Å². The van der Waals surface area contributed by atoms with E-state index in [2.05, 4.69) is 45.1 Å². The minimum Gasteiger partial charge on any atom is -0.492 e. The summed E-state index contributed by atoms with van der Waals surface area (Å²) in [5.74, 6) is 0.751. The van der Waals surface area contributed by atoms with Gasteiger partial charge in [0.1, 0.15) is 11.9 Å². The second-order valence-electron chi connectivity index (χ2n) is 7.55. The second-order valence-corrected chi connectivity index (χ2v) is 7.55. The fourth-order valence-corrected chi connectivity index (χ4v) is 3.67. The van der Waals surface area contributed by atoms with Crippen molar-refractivity contribution < 1.29 is 5.11 Å². The van der Waals surface area contributed by atoms with Gasteiger partial charge in [-0.25, -0.2) is 0 Å². The molecule has 0 fully saturated rings. The molecular weight excluding hydrogens is 362 g/mol. The number of benzene rings is 1. The van der Waals surface area contributed by atoms with Gasteiger partial charge in [0.2, 0.25) is 11.8 Å². The maximum atomic E-state index is 10.3. The van der Waals surface area contributed by atoms with Crippen LogP contribution in [0.25, 0.3) is 11.6 Å². The van der Waals surface area contributed by atoms with E-state index in [1.807, 2.05) is 48.7 Å². The fourth-order valence-electron chi connectivity index (χ4n) is 3.67. The maximum absolute atomic E-state index is 10.3. The lowest BCUT2D eigenvalue weighted by Crippen LogP contribution is -2.19. The minimum atomic E-state index is -0.130. The van der Waals surface area contributed by atoms with Crippen molar-refractivity contribution >= 4 is 30.0 Å². The monoisotopic (exact) mass is 389 g/mol. The van der Waals surface area contributed by atoms with Crippen LogP contribution in [0.15, 0.2) is 52.0 Å². The van der Waals surface area contributed by atoms with Gasteiger partial charge in [-0.15, -0.1) is 0 Å². The first-order valence-electron chi connectivity index (χ1n) is 10.2. The lowest BCUT2D eigenvalue weighted by molar-refractivity contribution is 0.455. The van der Waals surface area contributed by atoms with Crippen LogP contribution in [0.2, 0.25) is 0 Å². The summed E-state index contributed by atoms with van der Waals surface area (Å²) < 4.78 is 0. The number of H-pyrrole nitrogens is 1. The Morgan fingerprint density at radius 3 is 2.72 bits per heavy atom. The molecule has 1 aromatic heterocycles. The van der Waals surface area contributed by atoms with E-state index in [-0.39, 0.29) is 18.0 Å². The van der Waals surface area contributed by atoms with Gasteiger partial charge < -0.3 is 15.0 Å². The Hall–Kier alpha value is -3.15. The number of dihydropyridines is 1. The average Bonchev–Trinajstić information content (AvgIpc) is 3.32. The highest BCUT2D eigenvalue weighted by molar-refractivity contribution is 6.11. The van der Waals surface area contributed by atoms with Crippen LogP contribution in [0.1, 0.15) is 37.4 Å². The lowest BCUT2D eigenvalue weighted by atomic mass is 9.92. The van der Waals surface area contributed by atoms with Crippen LogP contribution in [-0.2, 0) is 0 Å². The normalized spacial score (nSPS) is 21.4. The standard InChI is InChI=1S/C23H27N5O/c1-3-4-8-11-28(2)23-26-20(22(29)27-23)13-18-15-25-21-19(18)12-17(14-24-21)16-9-6-5-7-10-16/h5-7,9-10,12-15,19,21,29H,3-4,8,11H2,1-2H3,(H,26,27). The molecule has 0 saturated carbocycles. The zero-order valence-electron chi connectivity index (χ0n) is 16.9. The van der Waals surface area contributed by atoms with Crippen molar-refractivity contribution in [1.29, 1.82) is 0 Å². The molecule has 4 rings (SSSR count). The fraction of sp³-hybridized carbons (Fsp3) is 0.348. The van der Waals surface area contributed by atoms with E-state index in [0.717, 1.165) is 29.7 Å². The molecule has 2 aliphatic rings. The van der Waals surface area contributed by atoms with Gasteiger partial charge in [-0.05, 0) is 29.2 Å². The van der Waals surface area contributed by atoms with Crippen LogP contribution < -0.4 is 4.90 Å². The number of allylic oxidation sites excluding steroid dienone is 1. The zero-order valence-corrected chi connectivity index (χ0v) is 16.9. The molecule has 6 heteroatoms. The van der Waals surface area contributed by atoms with E-state index in [1.54, 1.807) is 0 Å². The number of aliphatic imine (C=N–C) groups is 2. The Morgan fingerprint density at radius 1 is 1.14 bits per heavy atom. The molecule has 2 aliphatic heterocycles. The molecule has 2 aromatic rings. The number of unbranched alkanes of at least 4 members (excludes halogenated alkanes) is 2. The third-order valence-electron chi connectivity index (χ3n) is 5.38. The van der Waals surface area contributed by atoms with E-state index in [0.29, 0.717) is 11.6 Å². The van der Waals surface area contributed by atoms with Gasteiger partial charge in [-0.1, -0.05) is 56.2 Å². The van der Waals surface area contributed by atoms with Crippen LogP contribution in [0.4, 0.5) is 5.95 Å². The minimum absolute atomic E-state index is 0.0123. The molecule has 0 radical (unpaired) electrons. The summed E-state index contributed by atoms with van der Waals surface area (Å²) in [7, 11) is 1.99. The van der Waals surface area contributed by atoms with Crippen molar-refractivity contribution in [3.63, 3.8) is 0 Å². The molecule has 2 atom stereocenters. The number of hydrogen-bond donors (Lipinski definition) is 2. The second kappa shape index (κ2) is 8.47. The van der Waals surface area contributed by atoms with Gasteiger partial charge in [0, 0.05) is 31.9 Å². The molecule has 0 saturated heterocycles. The van der Waals surface area contributed by atoms with E-state index in [4.69, 9.17) is 0 Å². The third kappa shape index (κ3) is 4.16. The molecule has 0 aliphatic carbocycles. The number of aromatic nitrogens is 2. The van der Waals surface area contributed by atoms with Crippen LogP contribution >= 0.6 is 0 Å². The SMILES string of the molecule is CCCCCN(C)c1nc(O)c(C=C2C=NC3N=CC(c4ccccc4)=CC23)[nH]1. The van der Waals surface area contributed by atoms with Gasteiger partial charge >= 0.3 is 0 Å². The Morgan fingerprint density at radius 2 is 1.93 bits per heavy atom. The van der Waals surface area contributed by atoms with Crippen molar-refractivity contribution in [2.75, 3.05) is 18.5 Å². The summed E-state index contributed by atoms with van der Waals surface area (Å²) in [5.41, 5.74) is 3.85. The number of aromatic amines is 1. The van der Waals surface area contributed by atoms with Crippen LogP contribution in [0.3, 0.4) is 0 Å². The molecule has 0 spiro atoms. The predicted molar refractivity (Wildman–Crippen MR) is 120 cm³/mol. The molecular formula is C23H27N5O. The summed E-state index contributed by atoms with van der Waals surface area (Å²) >= 11 is 0. The van der Waals surface area contributed by atoms with Crippen molar-refractivity contribution in [1.82, 2.24) is 9.97 Å². The predicted octanol–water partition coefficient (Wildman–Crippen LogP) is 4.32. The van der Waals surface area contributed by atoms with Gasteiger partial charge in [0.15, 0.2) is 0 Å². The van der Waals surface area contributed by atoms with E-state index in [9.17, 15) is 5.11 Å². The number of imidazole rings is 1. The summed E-state index contributed by atoms with van der Waals surface area (Å²) in [6.45, 7) is 3.09. The van der Waals surface area contributed by atoms with Crippen LogP contribution in [0, 0.1) is 5.92 Å². The van der Waals surface area contributed by atoms with E-state index in [1.165, 1.54) is 12.8 Å². The highest BCUT2D eigenvalue weighted by Gasteiger charge is 2.29. The molecule has 29 heavy (non-hydrogen) atoms. The van der Waals surface area contributed by atoms with E-state index < -0.39 is 0 Å². The molecule has 150 valence electrons. The van der Waals surface area contributed by atoms with Crippen molar-refractivity contribution in [2.24, 2.45) is 15.9 Å². The molecule has 6 nitrogen and oxygen atoms in total. The summed E-state index contributed by atoms with van der Waals surface area (Å²) in [4.78, 5) is 18.7. The molecule has 0 bridgehead atoms. The molecule has 0 amide bonds. The first kappa shape index (κ1) is 19.2. The van der Waals surface area contributed by atoms with Gasteiger partial charge in [0.05, 0.1) is 0 Å². The quantitative estimate of drug-likeness (QED) is 0.693. The topological polar surface area (TPSA) is 76.9 Å². The first-order chi connectivity index (χ1) is 14.2. The van der Waals surface area contributed by atoms with Gasteiger partial charge in [0.25, 0.3) is 0 Å². The Labute approximate surface area is 171 Å². The van der Waals surface area contributed by atoms with Gasteiger partial charge in [-0.2, -0.15) is 4.98 Å². The van der Waals surface area contributed by atoms with Crippen LogP contribution in [0.5, 0.6) is 5.88 Å². The first-order valence-corrected chi connectivity index (χ1v) is 10.2.